The average molecular weight is 323 g/mol. The first kappa shape index (κ1) is 17.2. The lowest BCUT2D eigenvalue weighted by molar-refractivity contribution is -0.139. The molecule has 2 aromatic rings. The molecule has 6 heteroatoms. The number of hydrogen-bond acceptors (Lipinski definition) is 4. The summed E-state index contributed by atoms with van der Waals surface area (Å²) >= 11 is 0. The highest BCUT2D eigenvalue weighted by molar-refractivity contribution is 5.97. The van der Waals surface area contributed by atoms with E-state index in [0.717, 1.165) is 5.56 Å². The van der Waals surface area contributed by atoms with E-state index in [1.165, 1.54) is 0 Å². The summed E-state index contributed by atoms with van der Waals surface area (Å²) in [5.41, 5.74) is 1.63. The third-order valence-electron chi connectivity index (χ3n) is 3.40. The second-order valence-corrected chi connectivity index (χ2v) is 5.16. The van der Waals surface area contributed by atoms with Gasteiger partial charge in [0.1, 0.15) is 6.07 Å². The SMILES string of the molecule is N#Cc1ccccc1NC(=O)[C@@H](CC(=O)O)NCc1ccccc1. The van der Waals surface area contributed by atoms with Crippen molar-refractivity contribution in [3.8, 4) is 6.07 Å². The third kappa shape index (κ3) is 4.93. The Labute approximate surface area is 139 Å². The van der Waals surface area contributed by atoms with Crippen LogP contribution < -0.4 is 10.6 Å². The van der Waals surface area contributed by atoms with E-state index < -0.39 is 17.9 Å². The van der Waals surface area contributed by atoms with Gasteiger partial charge in [-0.25, -0.2) is 0 Å². The van der Waals surface area contributed by atoms with Crippen LogP contribution in [-0.4, -0.2) is 23.0 Å². The first-order chi connectivity index (χ1) is 11.6. The van der Waals surface area contributed by atoms with Crippen LogP contribution >= 0.6 is 0 Å². The Kier molecular flexibility index (Phi) is 6.06. The van der Waals surface area contributed by atoms with Gasteiger partial charge in [0.25, 0.3) is 0 Å². The zero-order valence-electron chi connectivity index (χ0n) is 12.9. The van der Waals surface area contributed by atoms with Crippen molar-refractivity contribution in [2.24, 2.45) is 0 Å². The first-order valence-corrected chi connectivity index (χ1v) is 7.39. The van der Waals surface area contributed by atoms with Gasteiger partial charge in [0.05, 0.1) is 23.7 Å². The van der Waals surface area contributed by atoms with Crippen molar-refractivity contribution < 1.29 is 14.7 Å². The van der Waals surface area contributed by atoms with Gasteiger partial charge in [-0.05, 0) is 17.7 Å². The fourth-order valence-electron chi connectivity index (χ4n) is 2.18. The van der Waals surface area contributed by atoms with Gasteiger partial charge < -0.3 is 15.7 Å². The molecule has 24 heavy (non-hydrogen) atoms. The summed E-state index contributed by atoms with van der Waals surface area (Å²) in [5, 5.41) is 23.6. The molecule has 0 saturated heterocycles. The van der Waals surface area contributed by atoms with Gasteiger partial charge in [0.2, 0.25) is 5.91 Å². The maximum Gasteiger partial charge on any atom is 0.305 e. The number of aliphatic carboxylic acids is 1. The summed E-state index contributed by atoms with van der Waals surface area (Å²) in [7, 11) is 0. The van der Waals surface area contributed by atoms with Crippen LogP contribution in [0.15, 0.2) is 54.6 Å². The summed E-state index contributed by atoms with van der Waals surface area (Å²) in [6, 6.07) is 17.0. The predicted octanol–water partition coefficient (Wildman–Crippen LogP) is 2.13. The smallest absolute Gasteiger partial charge is 0.305 e. The molecule has 0 aliphatic carbocycles. The Bertz CT molecular complexity index is 754. The molecule has 0 aromatic heterocycles. The Morgan fingerprint density at radius 1 is 1.08 bits per heavy atom. The van der Waals surface area contributed by atoms with Crippen LogP contribution in [0.3, 0.4) is 0 Å². The number of para-hydroxylation sites is 1. The molecular formula is C18H17N3O3. The Morgan fingerprint density at radius 2 is 1.75 bits per heavy atom. The lowest BCUT2D eigenvalue weighted by Gasteiger charge is -2.17. The highest BCUT2D eigenvalue weighted by atomic mass is 16.4. The monoisotopic (exact) mass is 323 g/mol. The molecule has 0 radical (unpaired) electrons. The van der Waals surface area contributed by atoms with E-state index in [2.05, 4.69) is 10.6 Å². The minimum absolute atomic E-state index is 0.322. The quantitative estimate of drug-likeness (QED) is 0.724. The zero-order valence-corrected chi connectivity index (χ0v) is 12.9. The van der Waals surface area contributed by atoms with Crippen molar-refractivity contribution in [3.63, 3.8) is 0 Å². The lowest BCUT2D eigenvalue weighted by atomic mass is 10.1. The molecule has 1 atom stereocenters. The van der Waals surface area contributed by atoms with Crippen molar-refractivity contribution in [1.82, 2.24) is 5.32 Å². The van der Waals surface area contributed by atoms with Gasteiger partial charge in [-0.1, -0.05) is 42.5 Å². The molecule has 0 saturated carbocycles. The molecule has 3 N–H and O–H groups in total. The van der Waals surface area contributed by atoms with Crippen LogP contribution in [0.1, 0.15) is 17.5 Å². The lowest BCUT2D eigenvalue weighted by Crippen LogP contribution is -2.41. The summed E-state index contributed by atoms with van der Waals surface area (Å²) in [6.45, 7) is 0.367. The molecule has 0 bridgehead atoms. The van der Waals surface area contributed by atoms with Crippen molar-refractivity contribution in [1.29, 1.82) is 5.26 Å². The number of anilines is 1. The highest BCUT2D eigenvalue weighted by Crippen LogP contribution is 2.14. The average Bonchev–Trinajstić information content (AvgIpc) is 2.59. The number of nitrogens with one attached hydrogen (secondary N) is 2. The van der Waals surface area contributed by atoms with Gasteiger partial charge in [-0.3, -0.25) is 9.59 Å². The van der Waals surface area contributed by atoms with E-state index >= 15 is 0 Å². The molecule has 0 unspecified atom stereocenters. The maximum absolute atomic E-state index is 12.4. The minimum Gasteiger partial charge on any atom is -0.481 e. The molecular weight excluding hydrogens is 306 g/mol. The molecule has 1 amide bonds. The molecule has 6 nitrogen and oxygen atoms in total. The van der Waals surface area contributed by atoms with Crippen LogP contribution in [0, 0.1) is 11.3 Å². The Balaban J connectivity index is 2.07. The number of rotatable bonds is 7. The molecule has 0 spiro atoms. The molecule has 2 rings (SSSR count). The number of carbonyl (C=O) groups excluding carboxylic acids is 1. The molecule has 0 aliphatic heterocycles. The van der Waals surface area contributed by atoms with Crippen molar-refractivity contribution in [2.45, 2.75) is 19.0 Å². The second-order valence-electron chi connectivity index (χ2n) is 5.16. The standard InChI is InChI=1S/C18H17N3O3/c19-11-14-8-4-5-9-15(14)21-18(24)16(10-17(22)23)20-12-13-6-2-1-3-7-13/h1-9,16,20H,10,12H2,(H,21,24)(H,22,23)/t16-/m1/s1. The minimum atomic E-state index is -1.08. The number of hydrogen-bond donors (Lipinski definition) is 3. The summed E-state index contributed by atoms with van der Waals surface area (Å²) in [5.74, 6) is -1.57. The van der Waals surface area contributed by atoms with Gasteiger partial charge in [-0.15, -0.1) is 0 Å². The van der Waals surface area contributed by atoms with Crippen LogP contribution in [0.4, 0.5) is 5.69 Å². The fraction of sp³-hybridized carbons (Fsp3) is 0.167. The van der Waals surface area contributed by atoms with Crippen molar-refractivity contribution in [3.05, 3.63) is 65.7 Å². The van der Waals surface area contributed by atoms with E-state index in [9.17, 15) is 9.59 Å². The number of nitriles is 1. The van der Waals surface area contributed by atoms with Gasteiger partial charge in [0.15, 0.2) is 0 Å². The molecule has 2 aromatic carbocycles. The van der Waals surface area contributed by atoms with Gasteiger partial charge in [0, 0.05) is 6.54 Å². The number of carbonyl (C=O) groups is 2. The van der Waals surface area contributed by atoms with Crippen LogP contribution in [0.2, 0.25) is 0 Å². The zero-order chi connectivity index (χ0) is 17.4. The number of nitrogens with zero attached hydrogens (tertiary/aromatic N) is 1. The van der Waals surface area contributed by atoms with E-state index in [4.69, 9.17) is 10.4 Å². The summed E-state index contributed by atoms with van der Waals surface area (Å²) in [4.78, 5) is 23.4. The third-order valence-corrected chi connectivity index (χ3v) is 3.40. The number of benzene rings is 2. The number of carboxylic acid groups (broad SMARTS) is 1. The van der Waals surface area contributed by atoms with E-state index in [0.29, 0.717) is 17.8 Å². The topological polar surface area (TPSA) is 102 Å². The molecule has 0 fully saturated rings. The van der Waals surface area contributed by atoms with E-state index in [1.54, 1.807) is 24.3 Å². The van der Waals surface area contributed by atoms with Gasteiger partial charge in [-0.2, -0.15) is 5.26 Å². The normalized spacial score (nSPS) is 11.3. The molecule has 0 heterocycles. The Hall–Kier alpha value is -3.17. The number of amides is 1. The van der Waals surface area contributed by atoms with E-state index in [1.807, 2.05) is 36.4 Å². The largest absolute Gasteiger partial charge is 0.481 e. The highest BCUT2D eigenvalue weighted by Gasteiger charge is 2.22. The first-order valence-electron chi connectivity index (χ1n) is 7.39. The second kappa shape index (κ2) is 8.46. The van der Waals surface area contributed by atoms with Crippen molar-refractivity contribution >= 4 is 17.6 Å². The van der Waals surface area contributed by atoms with Gasteiger partial charge >= 0.3 is 5.97 Å². The molecule has 0 aliphatic rings. The fourth-order valence-corrected chi connectivity index (χ4v) is 2.18. The van der Waals surface area contributed by atoms with Crippen LogP contribution in [0.5, 0.6) is 0 Å². The van der Waals surface area contributed by atoms with Crippen LogP contribution in [0.25, 0.3) is 0 Å². The molecule has 122 valence electrons. The predicted molar refractivity (Wildman–Crippen MR) is 89.1 cm³/mol. The summed E-state index contributed by atoms with van der Waals surface area (Å²) in [6.07, 6.45) is -0.354. The number of carboxylic acids is 1. The van der Waals surface area contributed by atoms with Crippen LogP contribution in [-0.2, 0) is 16.1 Å². The Morgan fingerprint density at radius 3 is 2.42 bits per heavy atom. The maximum atomic E-state index is 12.4. The van der Waals surface area contributed by atoms with Crippen molar-refractivity contribution in [2.75, 3.05) is 5.32 Å². The summed E-state index contributed by atoms with van der Waals surface area (Å²) < 4.78 is 0. The van der Waals surface area contributed by atoms with E-state index in [-0.39, 0.29) is 6.42 Å².